The Balaban J connectivity index is 2.30. The van der Waals surface area contributed by atoms with E-state index in [0.29, 0.717) is 6.54 Å². The lowest BCUT2D eigenvalue weighted by molar-refractivity contribution is 0.539. The van der Waals surface area contributed by atoms with Crippen LogP contribution < -0.4 is 5.73 Å². The van der Waals surface area contributed by atoms with E-state index in [1.54, 1.807) is 0 Å². The molecule has 0 radical (unpaired) electrons. The Morgan fingerprint density at radius 2 is 1.33 bits per heavy atom. The van der Waals surface area contributed by atoms with Crippen molar-refractivity contribution in [3.05, 3.63) is 59.1 Å². The summed E-state index contributed by atoms with van der Waals surface area (Å²) < 4.78 is 0. The molecule has 0 aliphatic rings. The Morgan fingerprint density at radius 1 is 0.889 bits per heavy atom. The summed E-state index contributed by atoms with van der Waals surface area (Å²) >= 11 is 5.89. The van der Waals surface area contributed by atoms with E-state index in [1.807, 2.05) is 24.3 Å². The number of benzene rings is 2. The summed E-state index contributed by atoms with van der Waals surface area (Å²) in [6.07, 6.45) is 0. The zero-order valence-electron chi connectivity index (χ0n) is 10.8. The van der Waals surface area contributed by atoms with Crippen LogP contribution in [0.4, 0.5) is 0 Å². The first-order valence-electron chi connectivity index (χ1n) is 6.09. The van der Waals surface area contributed by atoms with Gasteiger partial charge in [0.1, 0.15) is 0 Å². The minimum atomic E-state index is 0.0263. The zero-order valence-corrected chi connectivity index (χ0v) is 11.5. The van der Waals surface area contributed by atoms with Gasteiger partial charge in [0, 0.05) is 17.0 Å². The molecule has 94 valence electrons. The molecular weight excluding hydrogens is 242 g/mol. The van der Waals surface area contributed by atoms with E-state index < -0.39 is 0 Å². The highest BCUT2D eigenvalue weighted by Gasteiger charge is 2.17. The highest BCUT2D eigenvalue weighted by molar-refractivity contribution is 6.30. The van der Waals surface area contributed by atoms with Crippen LogP contribution in [0.15, 0.2) is 48.5 Å². The minimum absolute atomic E-state index is 0.0263. The fraction of sp³-hybridized carbons (Fsp3) is 0.250. The summed E-state index contributed by atoms with van der Waals surface area (Å²) in [4.78, 5) is 0. The van der Waals surface area contributed by atoms with Gasteiger partial charge in [-0.3, -0.25) is 0 Å². The van der Waals surface area contributed by atoms with Gasteiger partial charge >= 0.3 is 0 Å². The molecule has 2 aromatic rings. The molecule has 0 aliphatic heterocycles. The Morgan fingerprint density at radius 3 is 1.78 bits per heavy atom. The Labute approximate surface area is 114 Å². The maximum Gasteiger partial charge on any atom is 0.0406 e. The van der Waals surface area contributed by atoms with Crippen LogP contribution >= 0.6 is 11.6 Å². The van der Waals surface area contributed by atoms with Crippen LogP contribution in [0, 0.1) is 0 Å². The molecule has 2 heteroatoms. The second-order valence-electron chi connectivity index (χ2n) is 5.17. The number of nitrogens with two attached hydrogens (primary N) is 1. The van der Waals surface area contributed by atoms with Gasteiger partial charge in [-0.05, 0) is 28.8 Å². The third-order valence-electron chi connectivity index (χ3n) is 3.35. The van der Waals surface area contributed by atoms with Gasteiger partial charge in [0.15, 0.2) is 0 Å². The van der Waals surface area contributed by atoms with Gasteiger partial charge in [-0.25, -0.2) is 0 Å². The van der Waals surface area contributed by atoms with Crippen LogP contribution in [0.2, 0.25) is 5.02 Å². The molecule has 2 N–H and O–H groups in total. The Bertz CT molecular complexity index is 512. The van der Waals surface area contributed by atoms with E-state index in [4.69, 9.17) is 17.3 Å². The Hall–Kier alpha value is -1.31. The molecule has 0 spiro atoms. The van der Waals surface area contributed by atoms with Crippen LogP contribution in [0.3, 0.4) is 0 Å². The van der Waals surface area contributed by atoms with Crippen LogP contribution in [0.25, 0.3) is 11.1 Å². The van der Waals surface area contributed by atoms with Gasteiger partial charge in [0.25, 0.3) is 0 Å². The highest BCUT2D eigenvalue weighted by atomic mass is 35.5. The average molecular weight is 260 g/mol. The van der Waals surface area contributed by atoms with Crippen LogP contribution in [-0.4, -0.2) is 6.54 Å². The van der Waals surface area contributed by atoms with E-state index in [-0.39, 0.29) is 5.41 Å². The van der Waals surface area contributed by atoms with Gasteiger partial charge in [0.05, 0.1) is 0 Å². The number of rotatable bonds is 3. The first kappa shape index (κ1) is 13.1. The highest BCUT2D eigenvalue weighted by Crippen LogP contribution is 2.26. The SMILES string of the molecule is CC(C)(CN)c1ccc(-c2ccc(Cl)cc2)cc1. The van der Waals surface area contributed by atoms with Gasteiger partial charge in [-0.2, -0.15) is 0 Å². The number of hydrogen-bond acceptors (Lipinski definition) is 1. The topological polar surface area (TPSA) is 26.0 Å². The summed E-state index contributed by atoms with van der Waals surface area (Å²) in [5, 5.41) is 0.764. The fourth-order valence-corrected chi connectivity index (χ4v) is 2.00. The van der Waals surface area contributed by atoms with E-state index in [0.717, 1.165) is 5.02 Å². The summed E-state index contributed by atoms with van der Waals surface area (Å²) in [6, 6.07) is 16.5. The molecule has 0 saturated heterocycles. The summed E-state index contributed by atoms with van der Waals surface area (Å²) in [7, 11) is 0. The normalized spacial score (nSPS) is 11.6. The standard InChI is InChI=1S/C16H18ClN/c1-16(2,11-18)14-7-3-12(4-8-14)13-5-9-15(17)10-6-13/h3-10H,11,18H2,1-2H3. The first-order chi connectivity index (χ1) is 8.53. The quantitative estimate of drug-likeness (QED) is 0.877. The van der Waals surface area contributed by atoms with Crippen molar-refractivity contribution in [2.45, 2.75) is 19.3 Å². The van der Waals surface area contributed by atoms with Gasteiger partial charge in [-0.15, -0.1) is 0 Å². The average Bonchev–Trinajstić information content (AvgIpc) is 2.40. The molecule has 0 heterocycles. The molecule has 18 heavy (non-hydrogen) atoms. The van der Waals surface area contributed by atoms with Crippen molar-refractivity contribution in [3.63, 3.8) is 0 Å². The molecule has 2 aromatic carbocycles. The number of halogens is 1. The van der Waals surface area contributed by atoms with E-state index in [1.165, 1.54) is 16.7 Å². The van der Waals surface area contributed by atoms with E-state index in [2.05, 4.69) is 38.1 Å². The lowest BCUT2D eigenvalue weighted by Crippen LogP contribution is -2.27. The van der Waals surface area contributed by atoms with Gasteiger partial charge in [-0.1, -0.05) is 61.8 Å². The van der Waals surface area contributed by atoms with E-state index in [9.17, 15) is 0 Å². The van der Waals surface area contributed by atoms with Crippen LogP contribution in [0.5, 0.6) is 0 Å². The largest absolute Gasteiger partial charge is 0.330 e. The summed E-state index contributed by atoms with van der Waals surface area (Å²) in [5.41, 5.74) is 9.46. The van der Waals surface area contributed by atoms with Crippen molar-refractivity contribution in [1.29, 1.82) is 0 Å². The first-order valence-corrected chi connectivity index (χ1v) is 6.47. The van der Waals surface area contributed by atoms with Crippen molar-refractivity contribution < 1.29 is 0 Å². The van der Waals surface area contributed by atoms with Crippen LogP contribution in [-0.2, 0) is 5.41 Å². The summed E-state index contributed by atoms with van der Waals surface area (Å²) in [6.45, 7) is 4.96. The zero-order chi connectivity index (χ0) is 13.2. The molecule has 0 saturated carbocycles. The van der Waals surface area contributed by atoms with Crippen molar-refractivity contribution in [1.82, 2.24) is 0 Å². The maximum absolute atomic E-state index is 5.89. The molecule has 0 atom stereocenters. The monoisotopic (exact) mass is 259 g/mol. The molecule has 0 amide bonds. The molecular formula is C16H18ClN. The lowest BCUT2D eigenvalue weighted by Gasteiger charge is -2.23. The van der Waals surface area contributed by atoms with Crippen LogP contribution in [0.1, 0.15) is 19.4 Å². The lowest BCUT2D eigenvalue weighted by atomic mass is 9.84. The molecule has 0 fully saturated rings. The van der Waals surface area contributed by atoms with Crippen molar-refractivity contribution in [2.24, 2.45) is 5.73 Å². The summed E-state index contributed by atoms with van der Waals surface area (Å²) in [5.74, 6) is 0. The second-order valence-corrected chi connectivity index (χ2v) is 5.61. The van der Waals surface area contributed by atoms with Gasteiger partial charge < -0.3 is 5.73 Å². The predicted octanol–water partition coefficient (Wildman–Crippen LogP) is 4.24. The third kappa shape index (κ3) is 2.74. The van der Waals surface area contributed by atoms with Gasteiger partial charge in [0.2, 0.25) is 0 Å². The van der Waals surface area contributed by atoms with Crippen molar-refractivity contribution in [2.75, 3.05) is 6.54 Å². The van der Waals surface area contributed by atoms with Crippen molar-refractivity contribution in [3.8, 4) is 11.1 Å². The minimum Gasteiger partial charge on any atom is -0.330 e. The third-order valence-corrected chi connectivity index (χ3v) is 3.61. The smallest absolute Gasteiger partial charge is 0.0406 e. The van der Waals surface area contributed by atoms with E-state index >= 15 is 0 Å². The Kier molecular flexibility index (Phi) is 3.74. The second kappa shape index (κ2) is 5.13. The molecule has 2 rings (SSSR count). The molecule has 0 bridgehead atoms. The molecule has 0 aromatic heterocycles. The maximum atomic E-state index is 5.89. The molecule has 0 aliphatic carbocycles. The molecule has 1 nitrogen and oxygen atoms in total. The fourth-order valence-electron chi connectivity index (χ4n) is 1.87. The molecule has 0 unspecified atom stereocenters. The number of hydrogen-bond donors (Lipinski definition) is 1. The predicted molar refractivity (Wildman–Crippen MR) is 79.0 cm³/mol. The van der Waals surface area contributed by atoms with Crippen molar-refractivity contribution >= 4 is 11.6 Å².